The van der Waals surface area contributed by atoms with Crippen LogP contribution < -0.4 is 0 Å². The normalized spacial score (nSPS) is 25.8. The summed E-state index contributed by atoms with van der Waals surface area (Å²) in [5.41, 5.74) is 0.907. The van der Waals surface area contributed by atoms with Gasteiger partial charge in [0, 0.05) is 18.5 Å². The number of piperidine rings is 1. The zero-order valence-corrected chi connectivity index (χ0v) is 12.3. The Bertz CT molecular complexity index is 527. The van der Waals surface area contributed by atoms with Gasteiger partial charge in [0.2, 0.25) is 10.0 Å². The largest absolute Gasteiger partial charge is 0.236 e. The Morgan fingerprint density at radius 1 is 1.11 bits per heavy atom. The maximum absolute atomic E-state index is 12.3. The van der Waals surface area contributed by atoms with Crippen LogP contribution in [0.5, 0.6) is 0 Å². The molecule has 1 aromatic rings. The van der Waals surface area contributed by atoms with E-state index in [0.29, 0.717) is 24.9 Å². The second-order valence-corrected chi connectivity index (χ2v) is 7.34. The summed E-state index contributed by atoms with van der Waals surface area (Å²) >= 11 is 0. The molecule has 1 fully saturated rings. The van der Waals surface area contributed by atoms with E-state index >= 15 is 0 Å². The van der Waals surface area contributed by atoms with Crippen molar-refractivity contribution in [3.8, 4) is 0 Å². The van der Waals surface area contributed by atoms with Gasteiger partial charge < -0.3 is 0 Å². The number of benzene rings is 1. The third-order valence-electron chi connectivity index (χ3n) is 3.43. The Morgan fingerprint density at radius 2 is 1.68 bits per heavy atom. The first-order valence-corrected chi connectivity index (χ1v) is 8.21. The van der Waals surface area contributed by atoms with Crippen molar-refractivity contribution >= 4 is 16.1 Å². The van der Waals surface area contributed by atoms with Crippen LogP contribution in [0.25, 0.3) is 6.08 Å². The highest BCUT2D eigenvalue weighted by molar-refractivity contribution is 7.92. The molecule has 1 aliphatic heterocycles. The Hall–Kier alpha value is -1.13. The summed E-state index contributed by atoms with van der Waals surface area (Å²) in [6.45, 7) is 5.48. The molecule has 2 atom stereocenters. The maximum Gasteiger partial charge on any atom is 0.236 e. The van der Waals surface area contributed by atoms with Crippen molar-refractivity contribution in [2.24, 2.45) is 11.8 Å². The van der Waals surface area contributed by atoms with Gasteiger partial charge in [0.25, 0.3) is 0 Å². The van der Waals surface area contributed by atoms with Crippen molar-refractivity contribution in [1.29, 1.82) is 0 Å². The summed E-state index contributed by atoms with van der Waals surface area (Å²) in [6, 6.07) is 9.51. The van der Waals surface area contributed by atoms with Gasteiger partial charge in [-0.2, -0.15) is 4.31 Å². The fourth-order valence-electron chi connectivity index (χ4n) is 2.63. The molecule has 1 aromatic carbocycles. The molecule has 4 heteroatoms. The summed E-state index contributed by atoms with van der Waals surface area (Å²) < 4.78 is 26.2. The van der Waals surface area contributed by atoms with Crippen LogP contribution in [0.3, 0.4) is 0 Å². The number of sulfonamides is 1. The average Bonchev–Trinajstić information content (AvgIpc) is 2.37. The molecule has 3 nitrogen and oxygen atoms in total. The van der Waals surface area contributed by atoms with E-state index in [4.69, 9.17) is 0 Å². The second-order valence-electron chi connectivity index (χ2n) is 5.52. The van der Waals surface area contributed by atoms with Gasteiger partial charge in [0.15, 0.2) is 0 Å². The Balaban J connectivity index is 2.12. The van der Waals surface area contributed by atoms with Gasteiger partial charge >= 0.3 is 0 Å². The number of nitrogens with zero attached hydrogens (tertiary/aromatic N) is 1. The zero-order valence-electron chi connectivity index (χ0n) is 11.5. The lowest BCUT2D eigenvalue weighted by Crippen LogP contribution is -2.41. The second kappa shape index (κ2) is 5.88. The van der Waals surface area contributed by atoms with E-state index in [1.807, 2.05) is 30.3 Å². The molecule has 2 rings (SSSR count). The molecule has 19 heavy (non-hydrogen) atoms. The molecular weight excluding hydrogens is 258 g/mol. The molecular formula is C15H21NO2S. The first-order chi connectivity index (χ1) is 8.97. The standard InChI is InChI=1S/C15H21NO2S/c1-13-10-14(2)12-16(11-13)19(17,18)9-8-15-6-4-3-5-7-15/h3-9,13-14H,10-12H2,1-2H3/b9-8+/t13-,14+. The minimum atomic E-state index is -3.29. The molecule has 0 spiro atoms. The molecule has 0 aliphatic carbocycles. The van der Waals surface area contributed by atoms with Crippen molar-refractivity contribution in [1.82, 2.24) is 4.31 Å². The molecule has 0 unspecified atom stereocenters. The van der Waals surface area contributed by atoms with Gasteiger partial charge in [-0.25, -0.2) is 8.42 Å². The maximum atomic E-state index is 12.3. The van der Waals surface area contributed by atoms with Crippen molar-refractivity contribution in [2.75, 3.05) is 13.1 Å². The lowest BCUT2D eigenvalue weighted by Gasteiger charge is -2.33. The van der Waals surface area contributed by atoms with Crippen LogP contribution in [0.4, 0.5) is 0 Å². The smallest absolute Gasteiger partial charge is 0.208 e. The van der Waals surface area contributed by atoms with Crippen molar-refractivity contribution in [3.63, 3.8) is 0 Å². The van der Waals surface area contributed by atoms with Crippen LogP contribution in [0.1, 0.15) is 25.8 Å². The van der Waals surface area contributed by atoms with Crippen molar-refractivity contribution < 1.29 is 8.42 Å². The molecule has 1 saturated heterocycles. The molecule has 0 radical (unpaired) electrons. The van der Waals surface area contributed by atoms with Gasteiger partial charge in [-0.05, 0) is 29.9 Å². The average molecular weight is 279 g/mol. The van der Waals surface area contributed by atoms with Crippen LogP contribution in [0, 0.1) is 11.8 Å². The molecule has 0 aromatic heterocycles. The third-order valence-corrected chi connectivity index (χ3v) is 4.93. The highest BCUT2D eigenvalue weighted by Crippen LogP contribution is 2.24. The molecule has 0 N–H and O–H groups in total. The SMILES string of the molecule is C[C@@H]1C[C@H](C)CN(S(=O)(=O)/C=C/c2ccccc2)C1. The molecule has 0 saturated carbocycles. The predicted octanol–water partition coefficient (Wildman–Crippen LogP) is 2.97. The molecule has 0 amide bonds. The predicted molar refractivity (Wildman–Crippen MR) is 78.9 cm³/mol. The Morgan fingerprint density at radius 3 is 2.26 bits per heavy atom. The van der Waals surface area contributed by atoms with E-state index in [-0.39, 0.29) is 0 Å². The molecule has 0 bridgehead atoms. The molecule has 104 valence electrons. The van der Waals surface area contributed by atoms with Crippen LogP contribution in [-0.2, 0) is 10.0 Å². The van der Waals surface area contributed by atoms with E-state index in [9.17, 15) is 8.42 Å². The minimum absolute atomic E-state index is 0.434. The topological polar surface area (TPSA) is 37.4 Å². The summed E-state index contributed by atoms with van der Waals surface area (Å²) in [4.78, 5) is 0. The number of hydrogen-bond donors (Lipinski definition) is 0. The highest BCUT2D eigenvalue weighted by Gasteiger charge is 2.28. The van der Waals surface area contributed by atoms with Crippen LogP contribution in [0.15, 0.2) is 35.7 Å². The molecule has 1 aliphatic rings. The first kappa shape index (κ1) is 14.3. The van der Waals surface area contributed by atoms with Gasteiger partial charge in [0.05, 0.1) is 0 Å². The minimum Gasteiger partial charge on any atom is -0.208 e. The van der Waals surface area contributed by atoms with E-state index in [1.165, 1.54) is 5.41 Å². The fraction of sp³-hybridized carbons (Fsp3) is 0.467. The van der Waals surface area contributed by atoms with Gasteiger partial charge in [0.1, 0.15) is 0 Å². The van der Waals surface area contributed by atoms with Crippen LogP contribution >= 0.6 is 0 Å². The van der Waals surface area contributed by atoms with Gasteiger partial charge in [-0.3, -0.25) is 0 Å². The number of hydrogen-bond acceptors (Lipinski definition) is 2. The Kier molecular flexibility index (Phi) is 4.42. The van der Waals surface area contributed by atoms with E-state index in [0.717, 1.165) is 12.0 Å². The fourth-order valence-corrected chi connectivity index (χ4v) is 4.05. The summed E-state index contributed by atoms with van der Waals surface area (Å²) in [7, 11) is -3.29. The van der Waals surface area contributed by atoms with Crippen molar-refractivity contribution in [2.45, 2.75) is 20.3 Å². The lowest BCUT2D eigenvalue weighted by atomic mass is 9.94. The van der Waals surface area contributed by atoms with Crippen LogP contribution in [-0.4, -0.2) is 25.8 Å². The van der Waals surface area contributed by atoms with E-state index in [2.05, 4.69) is 13.8 Å². The molecule has 1 heterocycles. The van der Waals surface area contributed by atoms with Crippen LogP contribution in [0.2, 0.25) is 0 Å². The van der Waals surface area contributed by atoms with Crippen molar-refractivity contribution in [3.05, 3.63) is 41.3 Å². The van der Waals surface area contributed by atoms with E-state index in [1.54, 1.807) is 10.4 Å². The third kappa shape index (κ3) is 3.91. The van der Waals surface area contributed by atoms with Gasteiger partial charge in [-0.1, -0.05) is 44.2 Å². The first-order valence-electron chi connectivity index (χ1n) is 6.70. The highest BCUT2D eigenvalue weighted by atomic mass is 32.2. The lowest BCUT2D eigenvalue weighted by molar-refractivity contribution is 0.224. The van der Waals surface area contributed by atoms with Gasteiger partial charge in [-0.15, -0.1) is 0 Å². The number of rotatable bonds is 3. The monoisotopic (exact) mass is 279 g/mol. The Labute approximate surface area is 116 Å². The van der Waals surface area contributed by atoms with E-state index < -0.39 is 10.0 Å². The summed E-state index contributed by atoms with van der Waals surface area (Å²) in [6.07, 6.45) is 2.77. The zero-order chi connectivity index (χ0) is 13.9. The quantitative estimate of drug-likeness (QED) is 0.853. The summed E-state index contributed by atoms with van der Waals surface area (Å²) in [5, 5.41) is 1.33. The summed E-state index contributed by atoms with van der Waals surface area (Å²) in [5.74, 6) is 0.868.